The monoisotopic (exact) mass is 448 g/mol. The molecule has 7 nitrogen and oxygen atoms in total. The smallest absolute Gasteiger partial charge is 0.229 e. The van der Waals surface area contributed by atoms with Crippen LogP contribution in [0.3, 0.4) is 0 Å². The van der Waals surface area contributed by atoms with Gasteiger partial charge in [0.05, 0.1) is 11.0 Å². The predicted molar refractivity (Wildman–Crippen MR) is 128 cm³/mol. The first-order valence-electron chi connectivity index (χ1n) is 12.3. The lowest BCUT2D eigenvalue weighted by atomic mass is 9.86. The van der Waals surface area contributed by atoms with Crippen LogP contribution >= 0.6 is 0 Å². The standard InChI is InChI=1S/C26H33N5O2/c1-14-9-19-20(11-22(14)31(4)25(32)15(2)16-5-7-33-8-6-16)28-24(27-19)23-18-10-17-12-26(17,3)13-21(18)29-30-23/h9,11,15-17H,5-8,10,12-13H2,1-4H3,(H,27,28)(H,29,30)/t15?,17-,26-/m1/s1/i4+1. The van der Waals surface area contributed by atoms with E-state index in [-0.39, 0.29) is 11.8 Å². The number of carbonyl (C=O) groups excluding carboxylic acids is 1. The minimum atomic E-state index is -0.0209. The van der Waals surface area contributed by atoms with Crippen molar-refractivity contribution in [3.63, 3.8) is 0 Å². The average molecular weight is 449 g/mol. The third-order valence-electron chi connectivity index (χ3n) is 8.60. The molecule has 2 aliphatic carbocycles. The van der Waals surface area contributed by atoms with Gasteiger partial charge in [-0.1, -0.05) is 13.8 Å². The third-order valence-corrected chi connectivity index (χ3v) is 8.60. The number of hydrogen-bond acceptors (Lipinski definition) is 4. The maximum absolute atomic E-state index is 13.3. The molecule has 3 atom stereocenters. The van der Waals surface area contributed by atoms with Gasteiger partial charge in [0, 0.05) is 43.1 Å². The van der Waals surface area contributed by atoms with Crippen LogP contribution < -0.4 is 4.90 Å². The second-order valence-electron chi connectivity index (χ2n) is 10.8. The molecule has 0 radical (unpaired) electrons. The maximum Gasteiger partial charge on any atom is 0.229 e. The number of H-pyrrole nitrogens is 2. The van der Waals surface area contributed by atoms with Gasteiger partial charge in [0.25, 0.3) is 0 Å². The summed E-state index contributed by atoms with van der Waals surface area (Å²) in [4.78, 5) is 23.5. The number of aryl methyl sites for hydroxylation is 1. The normalized spacial score (nSPS) is 25.5. The Morgan fingerprint density at radius 3 is 2.88 bits per heavy atom. The fraction of sp³-hybridized carbons (Fsp3) is 0.577. The summed E-state index contributed by atoms with van der Waals surface area (Å²) >= 11 is 0. The van der Waals surface area contributed by atoms with Crippen LogP contribution in [-0.4, -0.2) is 46.3 Å². The molecule has 0 spiro atoms. The van der Waals surface area contributed by atoms with Gasteiger partial charge in [-0.25, -0.2) is 4.98 Å². The molecule has 2 fully saturated rings. The molecule has 174 valence electrons. The van der Waals surface area contributed by atoms with Crippen molar-refractivity contribution >= 4 is 22.6 Å². The SMILES string of the molecule is Cc1cc2[nH]c(-c3n[nH]c4c3C[C@@H]3C[C@]3(C)C4)nc2cc1N([13CH3])C(=O)C(C)C1CCOCC1. The molecule has 3 heterocycles. The van der Waals surface area contributed by atoms with Crippen LogP contribution in [-0.2, 0) is 22.4 Å². The van der Waals surface area contributed by atoms with Gasteiger partial charge < -0.3 is 14.6 Å². The molecule has 1 aromatic carbocycles. The molecule has 2 N–H and O–H groups in total. The van der Waals surface area contributed by atoms with Crippen molar-refractivity contribution in [2.45, 2.75) is 52.9 Å². The van der Waals surface area contributed by atoms with Crippen LogP contribution in [0, 0.1) is 30.1 Å². The number of amides is 1. The zero-order chi connectivity index (χ0) is 22.9. The Balaban J connectivity index is 1.29. The number of nitrogens with zero attached hydrogens (tertiary/aromatic N) is 3. The van der Waals surface area contributed by atoms with Gasteiger partial charge in [-0.2, -0.15) is 5.10 Å². The summed E-state index contributed by atoms with van der Waals surface area (Å²) in [7, 11) is 1.89. The van der Waals surface area contributed by atoms with Crippen molar-refractivity contribution in [3.05, 3.63) is 29.0 Å². The molecule has 0 bridgehead atoms. The van der Waals surface area contributed by atoms with Crippen molar-refractivity contribution in [3.8, 4) is 11.5 Å². The summed E-state index contributed by atoms with van der Waals surface area (Å²) < 4.78 is 5.48. The summed E-state index contributed by atoms with van der Waals surface area (Å²) in [6.45, 7) is 8.00. The van der Waals surface area contributed by atoms with Gasteiger partial charge in [-0.3, -0.25) is 9.89 Å². The second-order valence-corrected chi connectivity index (χ2v) is 10.8. The van der Waals surface area contributed by atoms with Crippen molar-refractivity contribution < 1.29 is 9.53 Å². The number of rotatable bonds is 4. The first-order valence-corrected chi connectivity index (χ1v) is 12.3. The Morgan fingerprint density at radius 2 is 2.09 bits per heavy atom. The van der Waals surface area contributed by atoms with Crippen molar-refractivity contribution in [1.29, 1.82) is 0 Å². The molecule has 6 rings (SSSR count). The number of nitrogens with one attached hydrogen (secondary N) is 2. The molecule has 1 aliphatic heterocycles. The van der Waals surface area contributed by atoms with Gasteiger partial charge >= 0.3 is 0 Å². The van der Waals surface area contributed by atoms with Crippen molar-refractivity contribution in [1.82, 2.24) is 20.2 Å². The lowest BCUT2D eigenvalue weighted by Gasteiger charge is -2.30. The van der Waals surface area contributed by atoms with E-state index in [4.69, 9.17) is 9.72 Å². The first kappa shape index (κ1) is 20.9. The largest absolute Gasteiger partial charge is 0.381 e. The summed E-state index contributed by atoms with van der Waals surface area (Å²) in [6.07, 6.45) is 5.39. The highest BCUT2D eigenvalue weighted by Gasteiger charge is 2.53. The fourth-order valence-corrected chi connectivity index (χ4v) is 6.12. The number of hydrogen-bond donors (Lipinski definition) is 2. The first-order chi connectivity index (χ1) is 15.8. The number of benzene rings is 1. The Bertz CT molecular complexity index is 1240. The fourth-order valence-electron chi connectivity index (χ4n) is 6.12. The minimum absolute atomic E-state index is 0.0209. The van der Waals surface area contributed by atoms with Crippen LogP contribution in [0.2, 0.25) is 0 Å². The molecule has 1 amide bonds. The number of ether oxygens (including phenoxy) is 1. The van der Waals surface area contributed by atoms with E-state index >= 15 is 0 Å². The summed E-state index contributed by atoms with van der Waals surface area (Å²) in [5.74, 6) is 2.11. The molecule has 3 aromatic rings. The lowest BCUT2D eigenvalue weighted by Crippen LogP contribution is -2.37. The summed E-state index contributed by atoms with van der Waals surface area (Å²) in [5.41, 5.74) is 7.84. The van der Waals surface area contributed by atoms with Gasteiger partial charge in [0.15, 0.2) is 5.82 Å². The summed E-state index contributed by atoms with van der Waals surface area (Å²) in [5, 5.41) is 7.92. The lowest BCUT2D eigenvalue weighted by molar-refractivity contribution is -0.124. The van der Waals surface area contributed by atoms with Crippen LogP contribution in [0.25, 0.3) is 22.6 Å². The van der Waals surface area contributed by atoms with Crippen molar-refractivity contribution in [2.75, 3.05) is 25.2 Å². The molecular weight excluding hydrogens is 415 g/mol. The Hall–Kier alpha value is -2.67. The Kier molecular flexibility index (Phi) is 4.70. The predicted octanol–water partition coefficient (Wildman–Crippen LogP) is 4.41. The quantitative estimate of drug-likeness (QED) is 0.579. The van der Waals surface area contributed by atoms with Crippen LogP contribution in [0.1, 0.15) is 49.9 Å². The molecule has 3 aliphatic rings. The van der Waals surface area contributed by atoms with Gasteiger partial charge in [0.2, 0.25) is 5.91 Å². The van der Waals surface area contributed by atoms with Crippen molar-refractivity contribution in [2.24, 2.45) is 23.2 Å². The highest BCUT2D eigenvalue weighted by Crippen LogP contribution is 2.59. The van der Waals surface area contributed by atoms with Crippen LogP contribution in [0.5, 0.6) is 0 Å². The maximum atomic E-state index is 13.3. The van der Waals surface area contributed by atoms with E-state index in [2.05, 4.69) is 42.0 Å². The number of aromatic nitrogens is 4. The van der Waals surface area contributed by atoms with Gasteiger partial charge in [0.1, 0.15) is 5.69 Å². The average Bonchev–Trinajstić information content (AvgIpc) is 3.10. The molecule has 33 heavy (non-hydrogen) atoms. The van der Waals surface area contributed by atoms with E-state index in [1.165, 1.54) is 17.7 Å². The Morgan fingerprint density at radius 1 is 1.30 bits per heavy atom. The second kappa shape index (κ2) is 7.42. The summed E-state index contributed by atoms with van der Waals surface area (Å²) in [6, 6.07) is 4.14. The number of anilines is 1. The number of aromatic amines is 2. The van der Waals surface area contributed by atoms with E-state index in [9.17, 15) is 4.79 Å². The molecule has 1 unspecified atom stereocenters. The molecule has 1 saturated carbocycles. The zero-order valence-corrected chi connectivity index (χ0v) is 20.0. The van der Waals surface area contributed by atoms with E-state index in [0.29, 0.717) is 11.3 Å². The number of imidazole rings is 1. The highest BCUT2D eigenvalue weighted by molar-refractivity contribution is 5.97. The third kappa shape index (κ3) is 3.39. The van der Waals surface area contributed by atoms with E-state index < -0.39 is 0 Å². The van der Waals surface area contributed by atoms with E-state index in [0.717, 1.165) is 78.6 Å². The zero-order valence-electron chi connectivity index (χ0n) is 20.0. The Labute approximate surface area is 194 Å². The topological polar surface area (TPSA) is 86.9 Å². The van der Waals surface area contributed by atoms with E-state index in [1.807, 2.05) is 18.0 Å². The van der Waals surface area contributed by atoms with Gasteiger partial charge in [-0.05, 0) is 74.0 Å². The number of carbonyl (C=O) groups is 1. The highest BCUT2D eigenvalue weighted by atomic mass is 16.5. The van der Waals surface area contributed by atoms with Gasteiger partial charge in [-0.15, -0.1) is 0 Å². The molecule has 2 aromatic heterocycles. The molecule has 7 heteroatoms. The molecular formula is C26H33N5O2. The molecule has 1 saturated heterocycles. The minimum Gasteiger partial charge on any atom is -0.381 e. The van der Waals surface area contributed by atoms with Crippen LogP contribution in [0.15, 0.2) is 12.1 Å². The van der Waals surface area contributed by atoms with E-state index in [1.54, 1.807) is 0 Å². The van der Waals surface area contributed by atoms with Crippen LogP contribution in [0.4, 0.5) is 5.69 Å². The number of fused-ring (bicyclic) bond motifs is 3.